The Balaban J connectivity index is 1.49. The Morgan fingerprint density at radius 2 is 1.82 bits per heavy atom. The van der Waals surface area contributed by atoms with Gasteiger partial charge in [-0.05, 0) is 18.6 Å². The van der Waals surface area contributed by atoms with Gasteiger partial charge in [-0.2, -0.15) is 5.10 Å². The van der Waals surface area contributed by atoms with Gasteiger partial charge in [0.05, 0.1) is 29.0 Å². The van der Waals surface area contributed by atoms with E-state index in [1.54, 1.807) is 12.4 Å². The molecule has 6 nitrogen and oxygen atoms in total. The van der Waals surface area contributed by atoms with Crippen molar-refractivity contribution in [2.75, 3.05) is 6.54 Å². The molecule has 0 unspecified atom stereocenters. The lowest BCUT2D eigenvalue weighted by Crippen LogP contribution is -2.36. The molecule has 28 heavy (non-hydrogen) atoms. The van der Waals surface area contributed by atoms with Crippen LogP contribution in [0, 0.1) is 0 Å². The van der Waals surface area contributed by atoms with E-state index < -0.39 is 0 Å². The minimum absolute atomic E-state index is 0.0244. The van der Waals surface area contributed by atoms with Crippen LogP contribution in [-0.2, 0) is 20.0 Å². The molecule has 2 aromatic heterocycles. The predicted octanol–water partition coefficient (Wildman–Crippen LogP) is 3.23. The van der Waals surface area contributed by atoms with E-state index in [1.165, 1.54) is 5.56 Å². The van der Waals surface area contributed by atoms with Crippen molar-refractivity contribution in [2.45, 2.75) is 13.0 Å². The number of rotatable bonds is 2. The van der Waals surface area contributed by atoms with Gasteiger partial charge in [0.15, 0.2) is 0 Å². The van der Waals surface area contributed by atoms with Crippen LogP contribution >= 0.6 is 0 Å². The molecule has 5 rings (SSSR count). The summed E-state index contributed by atoms with van der Waals surface area (Å²) in [6, 6.07) is 15.8. The minimum atomic E-state index is -0.0244. The molecule has 0 N–H and O–H groups in total. The first-order chi connectivity index (χ1) is 13.7. The zero-order chi connectivity index (χ0) is 19.1. The molecule has 0 spiro atoms. The maximum absolute atomic E-state index is 13.2. The Hall–Kier alpha value is -3.54. The summed E-state index contributed by atoms with van der Waals surface area (Å²) < 4.78 is 1.93. The van der Waals surface area contributed by atoms with E-state index in [2.05, 4.69) is 22.1 Å². The van der Waals surface area contributed by atoms with E-state index >= 15 is 0 Å². The average molecular weight is 369 g/mol. The second-order valence-electron chi connectivity index (χ2n) is 6.97. The number of carbonyl (C=O) groups excluding carboxylic acids is 1. The van der Waals surface area contributed by atoms with E-state index in [4.69, 9.17) is 5.10 Å². The summed E-state index contributed by atoms with van der Waals surface area (Å²) in [5, 5.41) is 4.71. The number of hydrogen-bond acceptors (Lipinski definition) is 4. The topological polar surface area (TPSA) is 63.9 Å². The molecular formula is C22H19N5O. The number of nitrogens with zero attached hydrogens (tertiary/aromatic N) is 5. The maximum atomic E-state index is 13.2. The van der Waals surface area contributed by atoms with Crippen molar-refractivity contribution >= 4 is 16.9 Å². The van der Waals surface area contributed by atoms with Gasteiger partial charge in [0.2, 0.25) is 0 Å². The molecule has 0 radical (unpaired) electrons. The van der Waals surface area contributed by atoms with Crippen molar-refractivity contribution in [3.8, 4) is 11.3 Å². The number of carbonyl (C=O) groups is 1. The summed E-state index contributed by atoms with van der Waals surface area (Å²) in [4.78, 5) is 23.7. The first kappa shape index (κ1) is 16.6. The van der Waals surface area contributed by atoms with Gasteiger partial charge in [0, 0.05) is 37.1 Å². The van der Waals surface area contributed by atoms with Crippen LogP contribution in [-0.4, -0.2) is 37.1 Å². The lowest BCUT2D eigenvalue weighted by Gasteiger charge is -2.27. The molecule has 2 aromatic carbocycles. The first-order valence-electron chi connectivity index (χ1n) is 9.31. The smallest absolute Gasteiger partial charge is 0.256 e. The van der Waals surface area contributed by atoms with E-state index in [0.29, 0.717) is 24.2 Å². The molecular weight excluding hydrogens is 350 g/mol. The molecule has 0 atom stereocenters. The molecule has 1 aliphatic heterocycles. The van der Waals surface area contributed by atoms with Crippen molar-refractivity contribution < 1.29 is 4.79 Å². The highest BCUT2D eigenvalue weighted by molar-refractivity contribution is 6.04. The largest absolute Gasteiger partial charge is 0.332 e. The fourth-order valence-electron chi connectivity index (χ4n) is 3.99. The van der Waals surface area contributed by atoms with Crippen LogP contribution in [0.25, 0.3) is 22.3 Å². The summed E-state index contributed by atoms with van der Waals surface area (Å²) in [6.07, 6.45) is 4.05. The Bertz CT molecular complexity index is 1180. The van der Waals surface area contributed by atoms with Crippen molar-refractivity contribution in [3.05, 3.63) is 77.7 Å². The van der Waals surface area contributed by atoms with E-state index in [0.717, 1.165) is 28.9 Å². The van der Waals surface area contributed by atoms with Crippen LogP contribution in [0.3, 0.4) is 0 Å². The van der Waals surface area contributed by atoms with Gasteiger partial charge in [-0.1, -0.05) is 36.4 Å². The predicted molar refractivity (Wildman–Crippen MR) is 107 cm³/mol. The highest BCUT2D eigenvalue weighted by Crippen LogP contribution is 2.30. The SMILES string of the molecule is Cn1nc2c(c1-c1ccccc1)CCN(C(=O)c1cccc3nccnc13)C2. The third kappa shape index (κ3) is 2.65. The molecule has 0 saturated heterocycles. The van der Waals surface area contributed by atoms with E-state index in [1.807, 2.05) is 53.0 Å². The lowest BCUT2D eigenvalue weighted by molar-refractivity contribution is 0.0734. The molecule has 0 bridgehead atoms. The highest BCUT2D eigenvalue weighted by atomic mass is 16.2. The van der Waals surface area contributed by atoms with Crippen LogP contribution in [0.4, 0.5) is 0 Å². The summed E-state index contributed by atoms with van der Waals surface area (Å²) >= 11 is 0. The highest BCUT2D eigenvalue weighted by Gasteiger charge is 2.28. The van der Waals surface area contributed by atoms with Crippen LogP contribution in [0.15, 0.2) is 60.9 Å². The molecule has 0 aliphatic carbocycles. The number of aryl methyl sites for hydroxylation is 1. The van der Waals surface area contributed by atoms with Crippen LogP contribution < -0.4 is 0 Å². The fourth-order valence-corrected chi connectivity index (χ4v) is 3.99. The van der Waals surface area contributed by atoms with Crippen molar-refractivity contribution in [1.29, 1.82) is 0 Å². The van der Waals surface area contributed by atoms with Crippen molar-refractivity contribution in [2.24, 2.45) is 7.05 Å². The second kappa shape index (κ2) is 6.56. The van der Waals surface area contributed by atoms with Gasteiger partial charge in [-0.3, -0.25) is 19.4 Å². The summed E-state index contributed by atoms with van der Waals surface area (Å²) in [7, 11) is 1.97. The second-order valence-corrected chi connectivity index (χ2v) is 6.97. The third-order valence-electron chi connectivity index (χ3n) is 5.26. The molecule has 138 valence electrons. The molecule has 0 saturated carbocycles. The average Bonchev–Trinajstić information content (AvgIpc) is 3.08. The zero-order valence-corrected chi connectivity index (χ0v) is 15.5. The third-order valence-corrected chi connectivity index (χ3v) is 5.26. The van der Waals surface area contributed by atoms with Gasteiger partial charge in [0.1, 0.15) is 5.52 Å². The number of para-hydroxylation sites is 1. The number of fused-ring (bicyclic) bond motifs is 2. The molecule has 3 heterocycles. The van der Waals surface area contributed by atoms with Gasteiger partial charge >= 0.3 is 0 Å². The maximum Gasteiger partial charge on any atom is 0.256 e. The van der Waals surface area contributed by atoms with Gasteiger partial charge < -0.3 is 4.90 Å². The molecule has 6 heteroatoms. The number of amides is 1. The van der Waals surface area contributed by atoms with Gasteiger partial charge in [0.25, 0.3) is 5.91 Å². The number of hydrogen-bond donors (Lipinski definition) is 0. The summed E-state index contributed by atoms with van der Waals surface area (Å²) in [6.45, 7) is 1.17. The Morgan fingerprint density at radius 3 is 2.68 bits per heavy atom. The monoisotopic (exact) mass is 369 g/mol. The quantitative estimate of drug-likeness (QED) is 0.544. The molecule has 1 amide bonds. The lowest BCUT2D eigenvalue weighted by atomic mass is 9.99. The van der Waals surface area contributed by atoms with Crippen LogP contribution in [0.1, 0.15) is 21.6 Å². The van der Waals surface area contributed by atoms with Gasteiger partial charge in [-0.15, -0.1) is 0 Å². The normalized spacial score (nSPS) is 13.5. The standard InChI is InChI=1S/C22H19N5O/c1-26-21(15-6-3-2-4-7-15)16-10-13-27(14-19(16)25-26)22(28)17-8-5-9-18-20(17)24-12-11-23-18/h2-9,11-12H,10,13-14H2,1H3. The first-order valence-corrected chi connectivity index (χ1v) is 9.31. The zero-order valence-electron chi connectivity index (χ0n) is 15.5. The van der Waals surface area contributed by atoms with E-state index in [9.17, 15) is 4.79 Å². The Kier molecular flexibility index (Phi) is 3.90. The Morgan fingerprint density at radius 1 is 1.00 bits per heavy atom. The number of benzene rings is 2. The summed E-state index contributed by atoms with van der Waals surface area (Å²) in [5.41, 5.74) is 6.46. The van der Waals surface area contributed by atoms with Crippen LogP contribution in [0.5, 0.6) is 0 Å². The summed E-state index contributed by atoms with van der Waals surface area (Å²) in [5.74, 6) is -0.0244. The number of aromatic nitrogens is 4. The van der Waals surface area contributed by atoms with Crippen molar-refractivity contribution in [1.82, 2.24) is 24.6 Å². The Labute approximate surface area is 162 Å². The molecule has 1 aliphatic rings. The minimum Gasteiger partial charge on any atom is -0.332 e. The van der Waals surface area contributed by atoms with E-state index in [-0.39, 0.29) is 5.91 Å². The van der Waals surface area contributed by atoms with Crippen molar-refractivity contribution in [3.63, 3.8) is 0 Å². The fraction of sp³-hybridized carbons (Fsp3) is 0.182. The molecule has 4 aromatic rings. The van der Waals surface area contributed by atoms with Crippen LogP contribution in [0.2, 0.25) is 0 Å². The molecule has 0 fully saturated rings. The van der Waals surface area contributed by atoms with Gasteiger partial charge in [-0.25, -0.2) is 0 Å².